The first-order chi connectivity index (χ1) is 9.63. The van der Waals surface area contributed by atoms with E-state index >= 15 is 0 Å². The number of nitrogens with zero attached hydrogens (tertiary/aromatic N) is 2. The molecule has 1 heterocycles. The van der Waals surface area contributed by atoms with Gasteiger partial charge in [-0.15, -0.1) is 0 Å². The minimum absolute atomic E-state index is 0.225. The van der Waals surface area contributed by atoms with Gasteiger partial charge in [-0.25, -0.2) is 4.68 Å². The van der Waals surface area contributed by atoms with Crippen LogP contribution in [0.25, 0.3) is 5.69 Å². The lowest BCUT2D eigenvalue weighted by molar-refractivity contribution is -0.147. The fourth-order valence-electron chi connectivity index (χ4n) is 1.79. The van der Waals surface area contributed by atoms with Crippen molar-refractivity contribution in [2.24, 2.45) is 5.73 Å². The minimum atomic E-state index is -1.15. The van der Waals surface area contributed by atoms with Crippen molar-refractivity contribution in [3.05, 3.63) is 48.3 Å². The molecule has 0 saturated heterocycles. The molecule has 0 radical (unpaired) electrons. The summed E-state index contributed by atoms with van der Waals surface area (Å²) in [6.07, 6.45) is 1.97. The number of nitrogens with two attached hydrogens (primary N) is 1. The van der Waals surface area contributed by atoms with E-state index in [1.165, 1.54) is 6.20 Å². The van der Waals surface area contributed by atoms with Crippen molar-refractivity contribution in [3.63, 3.8) is 0 Å². The maximum absolute atomic E-state index is 11.5. The Morgan fingerprint density at radius 1 is 1.45 bits per heavy atom. The summed E-state index contributed by atoms with van der Waals surface area (Å²) in [7, 11) is 0. The summed E-state index contributed by atoms with van der Waals surface area (Å²) < 4.78 is 6.39. The average molecular weight is 275 g/mol. The predicted octanol–water partition coefficient (Wildman–Crippen LogP) is 0.796. The number of ether oxygens (including phenoxy) is 1. The Morgan fingerprint density at radius 2 is 2.15 bits per heavy atom. The maximum Gasteiger partial charge on any atom is 0.325 e. The highest BCUT2D eigenvalue weighted by atomic mass is 16.5. The molecule has 1 aromatic carbocycles. The third-order valence-corrected chi connectivity index (χ3v) is 2.86. The number of benzene rings is 1. The van der Waals surface area contributed by atoms with Gasteiger partial charge in [0, 0.05) is 11.8 Å². The summed E-state index contributed by atoms with van der Waals surface area (Å²) in [4.78, 5) is 11.5. The van der Waals surface area contributed by atoms with Gasteiger partial charge in [-0.1, -0.05) is 18.2 Å². The fourth-order valence-corrected chi connectivity index (χ4v) is 1.79. The monoisotopic (exact) mass is 275 g/mol. The number of aliphatic hydroxyl groups is 1. The van der Waals surface area contributed by atoms with Crippen LogP contribution >= 0.6 is 0 Å². The van der Waals surface area contributed by atoms with Crippen LogP contribution in [0.1, 0.15) is 18.6 Å². The van der Waals surface area contributed by atoms with E-state index in [0.717, 1.165) is 5.69 Å². The molecule has 1 aromatic heterocycles. The van der Waals surface area contributed by atoms with E-state index in [4.69, 9.17) is 10.5 Å². The lowest BCUT2D eigenvalue weighted by Crippen LogP contribution is -2.38. The normalized spacial score (nSPS) is 13.8. The van der Waals surface area contributed by atoms with Gasteiger partial charge in [-0.05, 0) is 19.1 Å². The van der Waals surface area contributed by atoms with Gasteiger partial charge >= 0.3 is 5.97 Å². The number of para-hydroxylation sites is 1. The van der Waals surface area contributed by atoms with E-state index in [0.29, 0.717) is 5.56 Å². The topological polar surface area (TPSA) is 90.4 Å². The number of esters is 1. The largest absolute Gasteiger partial charge is 0.465 e. The second kappa shape index (κ2) is 6.31. The molecule has 0 aliphatic carbocycles. The van der Waals surface area contributed by atoms with Crippen molar-refractivity contribution in [2.75, 3.05) is 6.61 Å². The van der Waals surface area contributed by atoms with Crippen LogP contribution in [0.15, 0.2) is 42.7 Å². The Balaban J connectivity index is 2.14. The highest BCUT2D eigenvalue weighted by molar-refractivity contribution is 5.76. The number of carbonyl (C=O) groups excluding carboxylic acids is 1. The number of carbonyl (C=O) groups is 1. The summed E-state index contributed by atoms with van der Waals surface area (Å²) in [5, 5.41) is 14.2. The molecule has 0 saturated carbocycles. The Morgan fingerprint density at radius 3 is 2.80 bits per heavy atom. The van der Waals surface area contributed by atoms with Crippen molar-refractivity contribution in [1.29, 1.82) is 0 Å². The van der Waals surface area contributed by atoms with Crippen molar-refractivity contribution >= 4 is 5.97 Å². The molecule has 2 rings (SSSR count). The smallest absolute Gasteiger partial charge is 0.325 e. The van der Waals surface area contributed by atoms with Crippen molar-refractivity contribution in [1.82, 2.24) is 9.78 Å². The van der Waals surface area contributed by atoms with Crippen LogP contribution in [0.3, 0.4) is 0 Å². The molecular formula is C14H17N3O3. The standard InChI is InChI=1S/C14H17N3O3/c1-2-20-14(19)12(15)13(18)10-8-16-17(9-10)11-6-4-3-5-7-11/h3-9,12-13,18H,2,15H2,1H3. The molecule has 106 valence electrons. The highest BCUT2D eigenvalue weighted by Crippen LogP contribution is 2.17. The molecule has 6 nitrogen and oxygen atoms in total. The van der Waals surface area contributed by atoms with Crippen molar-refractivity contribution in [2.45, 2.75) is 19.1 Å². The molecule has 3 N–H and O–H groups in total. The van der Waals surface area contributed by atoms with Crippen LogP contribution in [-0.4, -0.2) is 33.5 Å². The van der Waals surface area contributed by atoms with E-state index in [1.807, 2.05) is 30.3 Å². The van der Waals surface area contributed by atoms with Gasteiger partial charge in [-0.2, -0.15) is 5.10 Å². The summed E-state index contributed by atoms with van der Waals surface area (Å²) in [6.45, 7) is 1.91. The minimum Gasteiger partial charge on any atom is -0.465 e. The molecule has 6 heteroatoms. The molecule has 0 fully saturated rings. The third-order valence-electron chi connectivity index (χ3n) is 2.86. The van der Waals surface area contributed by atoms with E-state index in [-0.39, 0.29) is 6.61 Å². The zero-order chi connectivity index (χ0) is 14.5. The molecule has 0 bridgehead atoms. The van der Waals surface area contributed by atoms with Crippen LogP contribution in [0, 0.1) is 0 Å². The zero-order valence-corrected chi connectivity index (χ0v) is 11.1. The molecule has 2 unspecified atom stereocenters. The maximum atomic E-state index is 11.5. The second-order valence-corrected chi connectivity index (χ2v) is 4.28. The summed E-state index contributed by atoms with van der Waals surface area (Å²) in [6, 6.07) is 8.32. The van der Waals surface area contributed by atoms with Gasteiger partial charge in [0.15, 0.2) is 0 Å². The van der Waals surface area contributed by atoms with Crippen LogP contribution in [0.5, 0.6) is 0 Å². The Labute approximate surface area is 116 Å². The van der Waals surface area contributed by atoms with Crippen LogP contribution < -0.4 is 5.73 Å². The van der Waals surface area contributed by atoms with Gasteiger partial charge in [0.05, 0.1) is 18.5 Å². The van der Waals surface area contributed by atoms with Gasteiger partial charge in [0.2, 0.25) is 0 Å². The molecular weight excluding hydrogens is 258 g/mol. The summed E-state index contributed by atoms with van der Waals surface area (Å²) in [5.41, 5.74) is 6.99. The van der Waals surface area contributed by atoms with E-state index in [9.17, 15) is 9.90 Å². The lowest BCUT2D eigenvalue weighted by Gasteiger charge is -2.15. The van der Waals surface area contributed by atoms with Crippen LogP contribution in [0.4, 0.5) is 0 Å². The quantitative estimate of drug-likeness (QED) is 0.788. The van der Waals surface area contributed by atoms with Gasteiger partial charge in [-0.3, -0.25) is 4.79 Å². The molecule has 2 atom stereocenters. The molecule has 20 heavy (non-hydrogen) atoms. The Hall–Kier alpha value is -2.18. The molecule has 2 aromatic rings. The predicted molar refractivity (Wildman–Crippen MR) is 73.1 cm³/mol. The van der Waals surface area contributed by atoms with Gasteiger partial charge in [0.25, 0.3) is 0 Å². The molecule has 0 spiro atoms. The lowest BCUT2D eigenvalue weighted by atomic mass is 10.1. The second-order valence-electron chi connectivity index (χ2n) is 4.28. The summed E-state index contributed by atoms with van der Waals surface area (Å²) >= 11 is 0. The molecule has 0 aliphatic heterocycles. The highest BCUT2D eigenvalue weighted by Gasteiger charge is 2.26. The van der Waals surface area contributed by atoms with Crippen LogP contribution in [0.2, 0.25) is 0 Å². The third kappa shape index (κ3) is 3.04. The molecule has 0 aliphatic rings. The first kappa shape index (κ1) is 14.2. The van der Waals surface area contributed by atoms with Crippen LogP contribution in [-0.2, 0) is 9.53 Å². The van der Waals surface area contributed by atoms with E-state index < -0.39 is 18.1 Å². The van der Waals surface area contributed by atoms with Crippen molar-refractivity contribution < 1.29 is 14.6 Å². The van der Waals surface area contributed by atoms with E-state index in [2.05, 4.69) is 5.10 Å². The van der Waals surface area contributed by atoms with Gasteiger partial charge < -0.3 is 15.6 Å². The first-order valence-corrected chi connectivity index (χ1v) is 6.33. The zero-order valence-electron chi connectivity index (χ0n) is 11.1. The number of aliphatic hydroxyl groups excluding tert-OH is 1. The number of hydrogen-bond acceptors (Lipinski definition) is 5. The number of rotatable bonds is 5. The van der Waals surface area contributed by atoms with Gasteiger partial charge in [0.1, 0.15) is 12.1 Å². The number of hydrogen-bond donors (Lipinski definition) is 2. The van der Waals surface area contributed by atoms with Crippen molar-refractivity contribution in [3.8, 4) is 5.69 Å². The van der Waals surface area contributed by atoms with E-state index in [1.54, 1.807) is 17.8 Å². The molecule has 0 amide bonds. The Kier molecular flexibility index (Phi) is 4.49. The first-order valence-electron chi connectivity index (χ1n) is 6.33. The Bertz CT molecular complexity index is 568. The average Bonchev–Trinajstić information content (AvgIpc) is 2.96. The number of aromatic nitrogens is 2. The SMILES string of the molecule is CCOC(=O)C(N)C(O)c1cnn(-c2ccccc2)c1. The summed E-state index contributed by atoms with van der Waals surface area (Å²) in [5.74, 6) is -0.632. The fraction of sp³-hybridized carbons (Fsp3) is 0.286.